The number of ether oxygens (including phenoxy) is 1. The van der Waals surface area contributed by atoms with Gasteiger partial charge in [-0.2, -0.15) is 0 Å². The summed E-state index contributed by atoms with van der Waals surface area (Å²) in [6.07, 6.45) is 2.79. The SMILES string of the molecule is CC(C)COCCNC1CN2CCC1CC2. The zero-order valence-corrected chi connectivity index (χ0v) is 10.7. The highest BCUT2D eigenvalue weighted by Crippen LogP contribution is 2.27. The Kier molecular flexibility index (Phi) is 4.62. The van der Waals surface area contributed by atoms with Crippen LogP contribution in [0.3, 0.4) is 0 Å². The number of nitrogens with one attached hydrogen (secondary N) is 1. The number of fused-ring (bicyclic) bond motifs is 3. The number of nitrogens with zero attached hydrogens (tertiary/aromatic N) is 1. The van der Waals surface area contributed by atoms with E-state index in [9.17, 15) is 0 Å². The molecule has 0 aromatic rings. The molecule has 3 heteroatoms. The Morgan fingerprint density at radius 2 is 2.06 bits per heavy atom. The predicted molar refractivity (Wildman–Crippen MR) is 66.6 cm³/mol. The molecule has 1 N–H and O–H groups in total. The number of piperidine rings is 3. The van der Waals surface area contributed by atoms with E-state index in [2.05, 4.69) is 24.1 Å². The summed E-state index contributed by atoms with van der Waals surface area (Å²) in [4.78, 5) is 2.59. The van der Waals surface area contributed by atoms with Gasteiger partial charge in [0.2, 0.25) is 0 Å². The van der Waals surface area contributed by atoms with Crippen LogP contribution in [0.15, 0.2) is 0 Å². The molecule has 0 spiro atoms. The van der Waals surface area contributed by atoms with Gasteiger partial charge in [-0.3, -0.25) is 0 Å². The molecule has 1 unspecified atom stereocenters. The van der Waals surface area contributed by atoms with E-state index in [0.717, 1.165) is 31.7 Å². The van der Waals surface area contributed by atoms with Crippen molar-refractivity contribution in [2.45, 2.75) is 32.7 Å². The fourth-order valence-electron chi connectivity index (χ4n) is 2.83. The molecule has 0 aromatic carbocycles. The Morgan fingerprint density at radius 3 is 2.62 bits per heavy atom. The second-order valence-corrected chi connectivity index (χ2v) is 5.67. The average molecular weight is 226 g/mol. The second kappa shape index (κ2) is 5.99. The minimum absolute atomic E-state index is 0.650. The lowest BCUT2D eigenvalue weighted by Gasteiger charge is -2.45. The molecule has 16 heavy (non-hydrogen) atoms. The molecule has 0 saturated carbocycles. The summed E-state index contributed by atoms with van der Waals surface area (Å²) in [5.74, 6) is 1.58. The van der Waals surface area contributed by atoms with Crippen LogP contribution in [0, 0.1) is 11.8 Å². The molecule has 3 fully saturated rings. The molecule has 2 bridgehead atoms. The summed E-state index contributed by atoms with van der Waals surface area (Å²) >= 11 is 0. The quantitative estimate of drug-likeness (QED) is 0.692. The maximum atomic E-state index is 5.59. The maximum absolute atomic E-state index is 5.59. The molecule has 0 amide bonds. The van der Waals surface area contributed by atoms with E-state index < -0.39 is 0 Å². The van der Waals surface area contributed by atoms with E-state index in [4.69, 9.17) is 4.74 Å². The highest BCUT2D eigenvalue weighted by atomic mass is 16.5. The van der Waals surface area contributed by atoms with Gasteiger partial charge in [0.05, 0.1) is 6.61 Å². The number of hydrogen-bond acceptors (Lipinski definition) is 3. The lowest BCUT2D eigenvalue weighted by molar-refractivity contribution is 0.0618. The van der Waals surface area contributed by atoms with Crippen LogP contribution in [0.5, 0.6) is 0 Å². The van der Waals surface area contributed by atoms with Crippen LogP contribution < -0.4 is 5.32 Å². The highest BCUT2D eigenvalue weighted by Gasteiger charge is 2.33. The molecule has 3 aliphatic rings. The molecule has 3 heterocycles. The first-order valence-electron chi connectivity index (χ1n) is 6.79. The molecule has 3 saturated heterocycles. The number of hydrogen-bond donors (Lipinski definition) is 1. The summed E-state index contributed by atoms with van der Waals surface area (Å²) in [6.45, 7) is 11.1. The average Bonchev–Trinajstić information content (AvgIpc) is 2.30. The summed E-state index contributed by atoms with van der Waals surface area (Å²) in [5, 5.41) is 3.66. The van der Waals surface area contributed by atoms with Crippen molar-refractivity contribution in [1.82, 2.24) is 10.2 Å². The fraction of sp³-hybridized carbons (Fsp3) is 1.00. The van der Waals surface area contributed by atoms with Gasteiger partial charge in [0, 0.05) is 25.7 Å². The lowest BCUT2D eigenvalue weighted by Crippen LogP contribution is -2.56. The minimum atomic E-state index is 0.650. The van der Waals surface area contributed by atoms with Gasteiger partial charge in [-0.15, -0.1) is 0 Å². The molecule has 94 valence electrons. The minimum Gasteiger partial charge on any atom is -0.380 e. The fourth-order valence-corrected chi connectivity index (χ4v) is 2.83. The molecule has 0 aliphatic carbocycles. The Morgan fingerprint density at radius 1 is 1.31 bits per heavy atom. The Labute approximate surface area is 99.5 Å². The Bertz CT molecular complexity index is 200. The smallest absolute Gasteiger partial charge is 0.0591 e. The highest BCUT2D eigenvalue weighted by molar-refractivity contribution is 4.90. The first-order valence-corrected chi connectivity index (χ1v) is 6.79. The Hall–Kier alpha value is -0.120. The van der Waals surface area contributed by atoms with Crippen LogP contribution >= 0.6 is 0 Å². The van der Waals surface area contributed by atoms with E-state index >= 15 is 0 Å². The van der Waals surface area contributed by atoms with Gasteiger partial charge in [-0.05, 0) is 37.8 Å². The van der Waals surface area contributed by atoms with Crippen molar-refractivity contribution in [3.63, 3.8) is 0 Å². The van der Waals surface area contributed by atoms with Crippen molar-refractivity contribution >= 4 is 0 Å². The van der Waals surface area contributed by atoms with E-state index in [1.165, 1.54) is 32.5 Å². The van der Waals surface area contributed by atoms with Crippen LogP contribution in [0.2, 0.25) is 0 Å². The summed E-state index contributed by atoms with van der Waals surface area (Å²) in [5.41, 5.74) is 0. The van der Waals surface area contributed by atoms with E-state index in [1.54, 1.807) is 0 Å². The van der Waals surface area contributed by atoms with Crippen molar-refractivity contribution in [2.75, 3.05) is 39.4 Å². The molecule has 1 atom stereocenters. The van der Waals surface area contributed by atoms with Gasteiger partial charge in [0.25, 0.3) is 0 Å². The summed E-state index contributed by atoms with van der Waals surface area (Å²) in [7, 11) is 0. The van der Waals surface area contributed by atoms with Gasteiger partial charge in [0.15, 0.2) is 0 Å². The standard InChI is InChI=1S/C13H26N2O/c1-11(2)10-16-8-5-14-13-9-15-6-3-12(13)4-7-15/h11-14H,3-10H2,1-2H3. The molecular weight excluding hydrogens is 200 g/mol. The zero-order valence-electron chi connectivity index (χ0n) is 10.7. The van der Waals surface area contributed by atoms with Crippen LogP contribution in [-0.4, -0.2) is 50.3 Å². The molecule has 3 aliphatic heterocycles. The third-order valence-electron chi connectivity index (χ3n) is 3.76. The van der Waals surface area contributed by atoms with Gasteiger partial charge in [0.1, 0.15) is 0 Å². The van der Waals surface area contributed by atoms with Crippen LogP contribution in [0.4, 0.5) is 0 Å². The van der Waals surface area contributed by atoms with Crippen LogP contribution in [-0.2, 0) is 4.74 Å². The van der Waals surface area contributed by atoms with E-state index in [0.29, 0.717) is 5.92 Å². The van der Waals surface area contributed by atoms with Gasteiger partial charge < -0.3 is 15.0 Å². The molecular formula is C13H26N2O. The summed E-state index contributed by atoms with van der Waals surface area (Å²) in [6, 6.07) is 0.727. The monoisotopic (exact) mass is 226 g/mol. The first kappa shape index (κ1) is 12.3. The lowest BCUT2D eigenvalue weighted by atomic mass is 9.84. The molecule has 3 rings (SSSR count). The van der Waals surface area contributed by atoms with Crippen molar-refractivity contribution in [3.8, 4) is 0 Å². The van der Waals surface area contributed by atoms with Gasteiger partial charge in [-0.1, -0.05) is 13.8 Å². The van der Waals surface area contributed by atoms with Crippen molar-refractivity contribution in [2.24, 2.45) is 11.8 Å². The Balaban J connectivity index is 1.56. The largest absolute Gasteiger partial charge is 0.380 e. The van der Waals surface area contributed by atoms with Crippen LogP contribution in [0.1, 0.15) is 26.7 Å². The van der Waals surface area contributed by atoms with E-state index in [-0.39, 0.29) is 0 Å². The third kappa shape index (κ3) is 3.44. The second-order valence-electron chi connectivity index (χ2n) is 5.67. The van der Waals surface area contributed by atoms with Crippen molar-refractivity contribution < 1.29 is 4.74 Å². The predicted octanol–water partition coefficient (Wildman–Crippen LogP) is 1.34. The number of rotatable bonds is 6. The molecule has 0 radical (unpaired) electrons. The van der Waals surface area contributed by atoms with Gasteiger partial charge in [-0.25, -0.2) is 0 Å². The van der Waals surface area contributed by atoms with Crippen molar-refractivity contribution in [3.05, 3.63) is 0 Å². The first-order chi connectivity index (χ1) is 7.75. The van der Waals surface area contributed by atoms with Crippen LogP contribution in [0.25, 0.3) is 0 Å². The normalized spacial score (nSPS) is 33.6. The van der Waals surface area contributed by atoms with Crippen molar-refractivity contribution in [1.29, 1.82) is 0 Å². The topological polar surface area (TPSA) is 24.5 Å². The summed E-state index contributed by atoms with van der Waals surface area (Å²) < 4.78 is 5.59. The maximum Gasteiger partial charge on any atom is 0.0591 e. The van der Waals surface area contributed by atoms with E-state index in [1.807, 2.05) is 0 Å². The van der Waals surface area contributed by atoms with Gasteiger partial charge >= 0.3 is 0 Å². The molecule has 0 aromatic heterocycles. The molecule has 3 nitrogen and oxygen atoms in total. The third-order valence-corrected chi connectivity index (χ3v) is 3.76. The zero-order chi connectivity index (χ0) is 11.4.